The van der Waals surface area contributed by atoms with Gasteiger partial charge in [0.1, 0.15) is 11.9 Å². The highest BCUT2D eigenvalue weighted by Crippen LogP contribution is 2.24. The molecule has 4 rings (SSSR count). The number of guanidine groups is 1. The van der Waals surface area contributed by atoms with Crippen molar-refractivity contribution < 1.29 is 9.47 Å². The fourth-order valence-corrected chi connectivity index (χ4v) is 3.76. The Hall–Kier alpha value is -2.26. The van der Waals surface area contributed by atoms with E-state index < -0.39 is 0 Å². The van der Waals surface area contributed by atoms with Crippen molar-refractivity contribution in [1.29, 1.82) is 0 Å². The second-order valence-electron chi connectivity index (χ2n) is 7.68. The highest BCUT2D eigenvalue weighted by Gasteiger charge is 2.18. The minimum Gasteiger partial charge on any atom is -0.488 e. The van der Waals surface area contributed by atoms with E-state index in [1.807, 2.05) is 0 Å². The number of ether oxygens (including phenoxy) is 2. The number of halogens is 1. The monoisotopic (exact) mass is 534 g/mol. The van der Waals surface area contributed by atoms with Gasteiger partial charge in [-0.25, -0.2) is 0 Å². The topological polar surface area (TPSA) is 70.7 Å². The molecule has 0 spiro atoms. The number of nitrogens with zero attached hydrogens (tertiary/aromatic N) is 1. The van der Waals surface area contributed by atoms with Crippen LogP contribution >= 0.6 is 24.0 Å². The lowest BCUT2D eigenvalue weighted by atomic mass is 10.1. The number of fused-ring (bicyclic) bond motifs is 1. The molecule has 166 valence electrons. The lowest BCUT2D eigenvalue weighted by molar-refractivity contribution is 0.140. The van der Waals surface area contributed by atoms with Gasteiger partial charge in [-0.15, -0.1) is 24.0 Å². The first-order valence-electron chi connectivity index (χ1n) is 10.6. The average Bonchev–Trinajstić information content (AvgIpc) is 3.42. The molecule has 1 aromatic heterocycles. The molecule has 0 radical (unpaired) electrons. The number of aryl methyl sites for hydroxylation is 1. The molecule has 1 unspecified atom stereocenters. The first-order chi connectivity index (χ1) is 14.7. The zero-order chi connectivity index (χ0) is 20.8. The van der Waals surface area contributed by atoms with Gasteiger partial charge in [-0.2, -0.15) is 0 Å². The van der Waals surface area contributed by atoms with Crippen molar-refractivity contribution in [3.05, 3.63) is 65.4 Å². The average molecular weight is 534 g/mol. The van der Waals surface area contributed by atoms with Gasteiger partial charge in [-0.05, 0) is 36.6 Å². The second kappa shape index (κ2) is 11.4. The lowest BCUT2D eigenvalue weighted by Gasteiger charge is -2.18. The Morgan fingerprint density at radius 2 is 2.06 bits per heavy atom. The van der Waals surface area contributed by atoms with Gasteiger partial charge in [0.05, 0.1) is 13.2 Å². The van der Waals surface area contributed by atoms with E-state index in [4.69, 9.17) is 9.47 Å². The van der Waals surface area contributed by atoms with Crippen molar-refractivity contribution in [3.63, 3.8) is 0 Å². The second-order valence-corrected chi connectivity index (χ2v) is 7.68. The maximum absolute atomic E-state index is 6.20. The zero-order valence-electron chi connectivity index (χ0n) is 18.1. The van der Waals surface area contributed by atoms with Crippen molar-refractivity contribution in [1.82, 2.24) is 15.6 Å². The maximum Gasteiger partial charge on any atom is 0.191 e. The van der Waals surface area contributed by atoms with Crippen LogP contribution in [0, 0.1) is 6.92 Å². The predicted molar refractivity (Wildman–Crippen MR) is 137 cm³/mol. The van der Waals surface area contributed by atoms with Gasteiger partial charge < -0.3 is 25.1 Å². The molecule has 3 aromatic rings. The van der Waals surface area contributed by atoms with Crippen molar-refractivity contribution in [2.75, 3.05) is 26.8 Å². The summed E-state index contributed by atoms with van der Waals surface area (Å²) in [5.74, 6) is 1.71. The van der Waals surface area contributed by atoms with Crippen LogP contribution in [0.4, 0.5) is 0 Å². The van der Waals surface area contributed by atoms with Crippen molar-refractivity contribution >= 4 is 40.8 Å². The summed E-state index contributed by atoms with van der Waals surface area (Å²) >= 11 is 0. The Labute approximate surface area is 200 Å². The molecule has 2 heterocycles. The maximum atomic E-state index is 6.20. The SMILES string of the molecule is CN=C(NCCc1c[nH]c2ccccc12)NCc1ccc(C)cc1OC1CCOC1.I. The molecule has 0 aliphatic carbocycles. The summed E-state index contributed by atoms with van der Waals surface area (Å²) in [5, 5.41) is 8.10. The summed E-state index contributed by atoms with van der Waals surface area (Å²) in [6, 6.07) is 14.7. The van der Waals surface area contributed by atoms with Crippen LogP contribution in [0.1, 0.15) is 23.1 Å². The van der Waals surface area contributed by atoms with E-state index in [0.29, 0.717) is 13.2 Å². The third-order valence-corrected chi connectivity index (χ3v) is 5.44. The van der Waals surface area contributed by atoms with Gasteiger partial charge in [0.15, 0.2) is 5.96 Å². The van der Waals surface area contributed by atoms with Crippen LogP contribution in [0.3, 0.4) is 0 Å². The Bertz CT molecular complexity index is 1010. The van der Waals surface area contributed by atoms with Gasteiger partial charge in [0.25, 0.3) is 0 Å². The zero-order valence-corrected chi connectivity index (χ0v) is 20.4. The molecular formula is C24H31IN4O2. The molecule has 6 nitrogen and oxygen atoms in total. The Morgan fingerprint density at radius 3 is 2.87 bits per heavy atom. The number of rotatable bonds is 7. The number of aliphatic imine (C=N–C) groups is 1. The summed E-state index contributed by atoms with van der Waals surface area (Å²) < 4.78 is 11.6. The highest BCUT2D eigenvalue weighted by molar-refractivity contribution is 14.0. The van der Waals surface area contributed by atoms with Gasteiger partial charge in [0, 0.05) is 49.2 Å². The molecule has 0 saturated carbocycles. The van der Waals surface area contributed by atoms with Crippen LogP contribution in [-0.4, -0.2) is 43.9 Å². The van der Waals surface area contributed by atoms with Crippen LogP contribution in [0.2, 0.25) is 0 Å². The fraction of sp³-hybridized carbons (Fsp3) is 0.375. The van der Waals surface area contributed by atoms with Crippen LogP contribution in [0.15, 0.2) is 53.7 Å². The van der Waals surface area contributed by atoms with Crippen LogP contribution < -0.4 is 15.4 Å². The molecule has 0 amide bonds. The fourth-order valence-electron chi connectivity index (χ4n) is 3.76. The van der Waals surface area contributed by atoms with E-state index >= 15 is 0 Å². The minimum absolute atomic E-state index is 0. The molecule has 3 N–H and O–H groups in total. The molecule has 1 saturated heterocycles. The quantitative estimate of drug-likeness (QED) is 0.242. The minimum atomic E-state index is 0. The summed E-state index contributed by atoms with van der Waals surface area (Å²) in [4.78, 5) is 7.69. The predicted octanol–water partition coefficient (Wildman–Crippen LogP) is 4.17. The first-order valence-corrected chi connectivity index (χ1v) is 10.6. The molecule has 1 aliphatic rings. The number of hydrogen-bond donors (Lipinski definition) is 3. The molecule has 31 heavy (non-hydrogen) atoms. The smallest absolute Gasteiger partial charge is 0.191 e. The number of aromatic nitrogens is 1. The summed E-state index contributed by atoms with van der Waals surface area (Å²) in [7, 11) is 1.80. The van der Waals surface area contributed by atoms with Gasteiger partial charge in [0.2, 0.25) is 0 Å². The number of aromatic amines is 1. The number of nitrogens with one attached hydrogen (secondary N) is 3. The highest BCUT2D eigenvalue weighted by atomic mass is 127. The van der Waals surface area contributed by atoms with Gasteiger partial charge >= 0.3 is 0 Å². The molecule has 7 heteroatoms. The largest absolute Gasteiger partial charge is 0.488 e. The number of H-pyrrole nitrogens is 1. The molecule has 1 atom stereocenters. The van der Waals surface area contributed by atoms with Crippen molar-refractivity contribution in [2.45, 2.75) is 32.4 Å². The summed E-state index contributed by atoms with van der Waals surface area (Å²) in [6.07, 6.45) is 4.09. The molecule has 2 aromatic carbocycles. The number of hydrogen-bond acceptors (Lipinski definition) is 3. The lowest BCUT2D eigenvalue weighted by Crippen LogP contribution is -2.38. The van der Waals surface area contributed by atoms with Gasteiger partial charge in [-0.1, -0.05) is 30.3 Å². The Balaban J connectivity index is 0.00000272. The van der Waals surface area contributed by atoms with Crippen LogP contribution in [-0.2, 0) is 17.7 Å². The van der Waals surface area contributed by atoms with Crippen LogP contribution in [0.5, 0.6) is 5.75 Å². The number of para-hydroxylation sites is 1. The van der Waals surface area contributed by atoms with E-state index in [1.165, 1.54) is 22.0 Å². The van der Waals surface area contributed by atoms with E-state index in [2.05, 4.69) is 76.2 Å². The summed E-state index contributed by atoms with van der Waals surface area (Å²) in [5.41, 5.74) is 4.79. The van der Waals surface area contributed by atoms with E-state index in [-0.39, 0.29) is 30.1 Å². The standard InChI is InChI=1S/C24H30N4O2.HI/c1-17-7-8-19(23(13-17)30-20-10-12-29-16-20)15-28-24(25-2)26-11-9-18-14-27-22-6-4-3-5-21(18)22;/h3-8,13-14,20,27H,9-12,15-16H2,1-2H3,(H2,25,26,28);1H. The third kappa shape index (κ3) is 6.13. The summed E-state index contributed by atoms with van der Waals surface area (Å²) in [6.45, 7) is 4.98. The first kappa shape index (κ1) is 23.4. The van der Waals surface area contributed by atoms with Crippen LogP contribution in [0.25, 0.3) is 10.9 Å². The van der Waals surface area contributed by atoms with E-state index in [1.54, 1.807) is 7.05 Å². The Morgan fingerprint density at radius 1 is 1.19 bits per heavy atom. The van der Waals surface area contributed by atoms with E-state index in [0.717, 1.165) is 43.3 Å². The molecule has 1 aliphatic heterocycles. The molecular weight excluding hydrogens is 503 g/mol. The van der Waals surface area contributed by atoms with E-state index in [9.17, 15) is 0 Å². The molecule has 0 bridgehead atoms. The van der Waals surface area contributed by atoms with Crippen molar-refractivity contribution in [2.24, 2.45) is 4.99 Å². The third-order valence-electron chi connectivity index (χ3n) is 5.44. The van der Waals surface area contributed by atoms with Crippen molar-refractivity contribution in [3.8, 4) is 5.75 Å². The molecule has 1 fully saturated rings. The number of benzene rings is 2. The van der Waals surface area contributed by atoms with Gasteiger partial charge in [-0.3, -0.25) is 4.99 Å². The Kier molecular flexibility index (Phi) is 8.60. The normalized spacial score (nSPS) is 16.2.